The maximum absolute atomic E-state index is 12.8. The molecule has 5 heteroatoms. The molecule has 1 aliphatic heterocycles. The summed E-state index contributed by atoms with van der Waals surface area (Å²) < 4.78 is 0. The van der Waals surface area contributed by atoms with Crippen molar-refractivity contribution >= 4 is 11.8 Å². The third-order valence-corrected chi connectivity index (χ3v) is 4.18. The first-order valence-electron chi connectivity index (χ1n) is 7.80. The predicted octanol–water partition coefficient (Wildman–Crippen LogP) is 1.73. The van der Waals surface area contributed by atoms with E-state index in [4.69, 9.17) is 5.73 Å². The van der Waals surface area contributed by atoms with Gasteiger partial charge in [0, 0.05) is 43.9 Å². The van der Waals surface area contributed by atoms with E-state index in [1.165, 1.54) is 4.90 Å². The minimum atomic E-state index is -0.1000. The molecule has 2 unspecified atom stereocenters. The topological polar surface area (TPSA) is 66.6 Å². The molecule has 2 atom stereocenters. The number of hydrogen-bond donors (Lipinski definition) is 1. The molecule has 5 nitrogen and oxygen atoms in total. The Balaban J connectivity index is 2.25. The molecular weight excluding hydrogens is 278 g/mol. The number of carbonyl (C=O) groups excluding carboxylic acids is 2. The summed E-state index contributed by atoms with van der Waals surface area (Å²) in [7, 11) is 3.40. The largest absolute Gasteiger partial charge is 0.345 e. The average Bonchev–Trinajstić information content (AvgIpc) is 2.53. The second kappa shape index (κ2) is 6.92. The lowest BCUT2D eigenvalue weighted by Crippen LogP contribution is -2.51. The summed E-state index contributed by atoms with van der Waals surface area (Å²) in [6.45, 7) is 2.68. The number of hydrogen-bond acceptors (Lipinski definition) is 3. The van der Waals surface area contributed by atoms with Gasteiger partial charge in [0.25, 0.3) is 11.8 Å². The number of amides is 2. The van der Waals surface area contributed by atoms with Gasteiger partial charge < -0.3 is 15.5 Å². The van der Waals surface area contributed by atoms with Crippen LogP contribution in [0, 0.1) is 0 Å². The summed E-state index contributed by atoms with van der Waals surface area (Å²) >= 11 is 0. The third kappa shape index (κ3) is 3.47. The highest BCUT2D eigenvalue weighted by molar-refractivity contribution is 5.99. The normalized spacial score (nSPS) is 19.6. The van der Waals surface area contributed by atoms with Crippen molar-refractivity contribution < 1.29 is 9.59 Å². The average molecular weight is 303 g/mol. The van der Waals surface area contributed by atoms with Crippen molar-refractivity contribution in [1.29, 1.82) is 0 Å². The van der Waals surface area contributed by atoms with Crippen molar-refractivity contribution in [1.82, 2.24) is 9.80 Å². The molecule has 1 fully saturated rings. The van der Waals surface area contributed by atoms with Crippen molar-refractivity contribution in [2.45, 2.75) is 38.3 Å². The van der Waals surface area contributed by atoms with E-state index in [0.29, 0.717) is 11.1 Å². The van der Waals surface area contributed by atoms with E-state index in [2.05, 4.69) is 0 Å². The van der Waals surface area contributed by atoms with Gasteiger partial charge in [-0.3, -0.25) is 9.59 Å². The lowest BCUT2D eigenvalue weighted by atomic mass is 9.95. The molecule has 1 heterocycles. The van der Waals surface area contributed by atoms with Gasteiger partial charge in [-0.25, -0.2) is 0 Å². The summed E-state index contributed by atoms with van der Waals surface area (Å²) in [5, 5.41) is 0. The fraction of sp³-hybridized carbons (Fsp3) is 0.529. The van der Waals surface area contributed by atoms with Crippen molar-refractivity contribution in [2.24, 2.45) is 5.73 Å². The minimum absolute atomic E-state index is 0.0320. The van der Waals surface area contributed by atoms with Gasteiger partial charge in [0.15, 0.2) is 0 Å². The molecule has 0 saturated carbocycles. The van der Waals surface area contributed by atoms with Gasteiger partial charge in [0.1, 0.15) is 0 Å². The maximum atomic E-state index is 12.8. The fourth-order valence-electron chi connectivity index (χ4n) is 2.97. The van der Waals surface area contributed by atoms with Crippen molar-refractivity contribution in [3.05, 3.63) is 35.4 Å². The Bertz CT molecular complexity index is 555. The Morgan fingerprint density at radius 2 is 1.95 bits per heavy atom. The van der Waals surface area contributed by atoms with Crippen LogP contribution in [0.2, 0.25) is 0 Å². The Kier molecular flexibility index (Phi) is 5.19. The van der Waals surface area contributed by atoms with E-state index < -0.39 is 0 Å². The zero-order chi connectivity index (χ0) is 16.3. The quantitative estimate of drug-likeness (QED) is 0.924. The minimum Gasteiger partial charge on any atom is -0.345 e. The van der Waals surface area contributed by atoms with Gasteiger partial charge in [-0.1, -0.05) is 6.07 Å². The molecule has 1 aromatic carbocycles. The molecule has 1 aliphatic rings. The highest BCUT2D eigenvalue weighted by Crippen LogP contribution is 2.22. The number of nitrogens with two attached hydrogens (primary N) is 1. The molecule has 1 aromatic rings. The number of likely N-dealkylation sites (tertiary alicyclic amines) is 1. The lowest BCUT2D eigenvalue weighted by molar-refractivity contribution is 0.0584. The van der Waals surface area contributed by atoms with Crippen LogP contribution in [0.25, 0.3) is 0 Å². The van der Waals surface area contributed by atoms with Gasteiger partial charge in [-0.05, 0) is 44.4 Å². The first kappa shape index (κ1) is 16.5. The zero-order valence-electron chi connectivity index (χ0n) is 13.6. The van der Waals surface area contributed by atoms with Crippen LogP contribution >= 0.6 is 0 Å². The molecule has 1 saturated heterocycles. The van der Waals surface area contributed by atoms with E-state index in [1.54, 1.807) is 38.4 Å². The molecule has 2 N–H and O–H groups in total. The Morgan fingerprint density at radius 1 is 1.27 bits per heavy atom. The van der Waals surface area contributed by atoms with E-state index in [-0.39, 0.29) is 23.9 Å². The molecule has 2 amide bonds. The monoisotopic (exact) mass is 303 g/mol. The SMILES string of the molecule is CC(N)C1CCCCN1C(=O)c1cccc(C(=O)N(C)C)c1. The third-order valence-electron chi connectivity index (χ3n) is 4.18. The van der Waals surface area contributed by atoms with E-state index in [1.807, 2.05) is 11.8 Å². The zero-order valence-corrected chi connectivity index (χ0v) is 13.6. The molecule has 22 heavy (non-hydrogen) atoms. The van der Waals surface area contributed by atoms with Crippen LogP contribution in [0.4, 0.5) is 0 Å². The van der Waals surface area contributed by atoms with Gasteiger partial charge >= 0.3 is 0 Å². The molecule has 0 radical (unpaired) electrons. The van der Waals surface area contributed by atoms with Crippen LogP contribution < -0.4 is 5.73 Å². The summed E-state index contributed by atoms with van der Waals surface area (Å²) in [6.07, 6.45) is 3.06. The van der Waals surface area contributed by atoms with Gasteiger partial charge in [0.2, 0.25) is 0 Å². The van der Waals surface area contributed by atoms with Crippen LogP contribution in [0.5, 0.6) is 0 Å². The number of piperidine rings is 1. The molecule has 0 aromatic heterocycles. The Hall–Kier alpha value is -1.88. The maximum Gasteiger partial charge on any atom is 0.254 e. The van der Waals surface area contributed by atoms with Crippen LogP contribution in [0.15, 0.2) is 24.3 Å². The summed E-state index contributed by atoms with van der Waals surface area (Å²) in [4.78, 5) is 28.2. The highest BCUT2D eigenvalue weighted by Gasteiger charge is 2.30. The summed E-state index contributed by atoms with van der Waals surface area (Å²) in [6, 6.07) is 6.97. The van der Waals surface area contributed by atoms with E-state index in [0.717, 1.165) is 25.8 Å². The Morgan fingerprint density at radius 3 is 2.59 bits per heavy atom. The first-order chi connectivity index (χ1) is 10.4. The second-order valence-electron chi connectivity index (χ2n) is 6.20. The number of rotatable bonds is 3. The first-order valence-corrected chi connectivity index (χ1v) is 7.80. The van der Waals surface area contributed by atoms with Crippen LogP contribution in [-0.4, -0.2) is 54.3 Å². The van der Waals surface area contributed by atoms with Crippen LogP contribution in [0.1, 0.15) is 46.9 Å². The smallest absolute Gasteiger partial charge is 0.254 e. The molecule has 120 valence electrons. The van der Waals surface area contributed by atoms with Crippen LogP contribution in [0.3, 0.4) is 0 Å². The number of carbonyl (C=O) groups is 2. The Labute approximate surface area is 132 Å². The van der Waals surface area contributed by atoms with Gasteiger partial charge in [0.05, 0.1) is 0 Å². The molecule has 0 spiro atoms. The highest BCUT2D eigenvalue weighted by atomic mass is 16.2. The molecule has 0 aliphatic carbocycles. The van der Waals surface area contributed by atoms with Gasteiger partial charge in [-0.2, -0.15) is 0 Å². The van der Waals surface area contributed by atoms with Crippen molar-refractivity contribution in [3.8, 4) is 0 Å². The fourth-order valence-corrected chi connectivity index (χ4v) is 2.97. The summed E-state index contributed by atoms with van der Waals surface area (Å²) in [5.41, 5.74) is 7.12. The second-order valence-corrected chi connectivity index (χ2v) is 6.20. The number of nitrogens with zero attached hydrogens (tertiary/aromatic N) is 2. The lowest BCUT2D eigenvalue weighted by Gasteiger charge is -2.38. The van der Waals surface area contributed by atoms with Crippen LogP contribution in [-0.2, 0) is 0 Å². The van der Waals surface area contributed by atoms with Gasteiger partial charge in [-0.15, -0.1) is 0 Å². The molecule has 0 bridgehead atoms. The van der Waals surface area contributed by atoms with Crippen molar-refractivity contribution in [3.63, 3.8) is 0 Å². The van der Waals surface area contributed by atoms with E-state index in [9.17, 15) is 9.59 Å². The predicted molar refractivity (Wildman–Crippen MR) is 86.8 cm³/mol. The molecular formula is C17H25N3O2. The van der Waals surface area contributed by atoms with Crippen molar-refractivity contribution in [2.75, 3.05) is 20.6 Å². The van der Waals surface area contributed by atoms with E-state index >= 15 is 0 Å². The number of benzene rings is 1. The molecule has 2 rings (SSSR count). The standard InChI is InChI=1S/C17H25N3O2/c1-12(18)15-9-4-5-10-20(15)17(22)14-8-6-7-13(11-14)16(21)19(2)3/h6-8,11-12,15H,4-5,9-10,18H2,1-3H3. The summed E-state index contributed by atoms with van der Waals surface area (Å²) in [5.74, 6) is -0.132.